The minimum atomic E-state index is -4.64. The van der Waals surface area contributed by atoms with Gasteiger partial charge in [-0.25, -0.2) is 8.78 Å². The van der Waals surface area contributed by atoms with E-state index in [1.807, 2.05) is 0 Å². The third-order valence-electron chi connectivity index (χ3n) is 2.85. The van der Waals surface area contributed by atoms with E-state index in [0.717, 1.165) is 6.42 Å². The van der Waals surface area contributed by atoms with Crippen LogP contribution >= 0.6 is 0 Å². The lowest BCUT2D eigenvalue weighted by atomic mass is 9.80. The van der Waals surface area contributed by atoms with E-state index in [9.17, 15) is 22.4 Å². The fourth-order valence-corrected chi connectivity index (χ4v) is 1.48. The average Bonchev–Trinajstić information content (AvgIpc) is 2.16. The lowest BCUT2D eigenvalue weighted by molar-refractivity contribution is -0.171. The minimum absolute atomic E-state index is 0.162. The molecule has 1 N–H and O–H groups in total. The highest BCUT2D eigenvalue weighted by molar-refractivity contribution is 5.83. The van der Waals surface area contributed by atoms with Gasteiger partial charge in [-0.05, 0) is 19.3 Å². The first-order valence-corrected chi connectivity index (χ1v) is 4.83. The molecule has 0 heterocycles. The second-order valence-corrected chi connectivity index (χ2v) is 3.85. The molecule has 94 valence electrons. The van der Waals surface area contributed by atoms with Gasteiger partial charge in [0, 0.05) is 13.7 Å². The Morgan fingerprint density at radius 3 is 2.38 bits per heavy atom. The van der Waals surface area contributed by atoms with Gasteiger partial charge in [-0.15, -0.1) is 0 Å². The van der Waals surface area contributed by atoms with Crippen LogP contribution < -0.4 is 5.32 Å². The summed E-state index contributed by atoms with van der Waals surface area (Å²) in [6.07, 6.45) is -1.87. The first kappa shape index (κ1) is 13.2. The third kappa shape index (κ3) is 2.45. The van der Waals surface area contributed by atoms with Crippen molar-refractivity contribution in [3.05, 3.63) is 0 Å². The molecule has 0 aromatic heterocycles. The lowest BCUT2D eigenvalue weighted by Gasteiger charge is -2.40. The Morgan fingerprint density at radius 1 is 1.50 bits per heavy atom. The van der Waals surface area contributed by atoms with Crippen LogP contribution in [0, 0.1) is 0 Å². The van der Waals surface area contributed by atoms with E-state index in [1.165, 1.54) is 7.11 Å². The summed E-state index contributed by atoms with van der Waals surface area (Å²) in [5.74, 6) is -6.59. The Labute approximate surface area is 90.1 Å². The normalized spacial score (nSPS) is 19.4. The fourth-order valence-electron chi connectivity index (χ4n) is 1.48. The monoisotopic (exact) mass is 243 g/mol. The lowest BCUT2D eigenvalue weighted by Crippen LogP contribution is -2.53. The molecule has 0 spiro atoms. The van der Waals surface area contributed by atoms with Crippen LogP contribution in [0.15, 0.2) is 0 Å². The van der Waals surface area contributed by atoms with Crippen molar-refractivity contribution < 1.29 is 27.1 Å². The summed E-state index contributed by atoms with van der Waals surface area (Å²) in [7, 11) is 1.40. The molecule has 16 heavy (non-hydrogen) atoms. The van der Waals surface area contributed by atoms with E-state index >= 15 is 0 Å². The molecule has 1 fully saturated rings. The van der Waals surface area contributed by atoms with Crippen LogP contribution in [0.5, 0.6) is 0 Å². The standard InChI is InChI=1S/C9H13F4NO2/c1-16-8(3-2-4-8)5-14-7(15)9(12,13)6(10)11/h6H,2-5H2,1H3,(H,14,15). The Hall–Kier alpha value is -0.850. The maximum atomic E-state index is 12.5. The second kappa shape index (κ2) is 4.57. The first-order chi connectivity index (χ1) is 7.34. The second-order valence-electron chi connectivity index (χ2n) is 3.85. The Kier molecular flexibility index (Phi) is 3.77. The SMILES string of the molecule is COC1(CNC(=O)C(F)(F)C(F)F)CCC1. The highest BCUT2D eigenvalue weighted by Crippen LogP contribution is 2.34. The topological polar surface area (TPSA) is 38.3 Å². The summed E-state index contributed by atoms with van der Waals surface area (Å²) in [4.78, 5) is 10.8. The minimum Gasteiger partial charge on any atom is -0.376 e. The van der Waals surface area contributed by atoms with Crippen molar-refractivity contribution >= 4 is 5.91 Å². The van der Waals surface area contributed by atoms with Crippen molar-refractivity contribution in [1.29, 1.82) is 0 Å². The van der Waals surface area contributed by atoms with Gasteiger partial charge in [0.2, 0.25) is 0 Å². The number of rotatable bonds is 5. The number of amides is 1. The molecule has 0 aromatic carbocycles. The molecule has 0 unspecified atom stereocenters. The van der Waals surface area contributed by atoms with Crippen molar-refractivity contribution in [2.75, 3.05) is 13.7 Å². The number of nitrogens with one attached hydrogen (secondary N) is 1. The molecule has 0 aromatic rings. The van der Waals surface area contributed by atoms with Crippen molar-refractivity contribution in [2.45, 2.75) is 37.2 Å². The number of hydrogen-bond acceptors (Lipinski definition) is 2. The maximum Gasteiger partial charge on any atom is 0.383 e. The number of alkyl halides is 4. The predicted octanol–water partition coefficient (Wildman–Crippen LogP) is 1.57. The predicted molar refractivity (Wildman–Crippen MR) is 47.6 cm³/mol. The van der Waals surface area contributed by atoms with Gasteiger partial charge in [0.05, 0.1) is 5.60 Å². The van der Waals surface area contributed by atoms with E-state index in [-0.39, 0.29) is 6.54 Å². The molecule has 0 bridgehead atoms. The zero-order chi connectivity index (χ0) is 12.4. The number of halogens is 4. The van der Waals surface area contributed by atoms with Crippen LogP contribution in [0.1, 0.15) is 19.3 Å². The molecule has 7 heteroatoms. The van der Waals surface area contributed by atoms with E-state index in [0.29, 0.717) is 12.8 Å². The van der Waals surface area contributed by atoms with E-state index in [2.05, 4.69) is 0 Å². The van der Waals surface area contributed by atoms with Gasteiger partial charge in [-0.2, -0.15) is 8.78 Å². The molecule has 0 radical (unpaired) electrons. The van der Waals surface area contributed by atoms with Gasteiger partial charge in [0.1, 0.15) is 0 Å². The largest absolute Gasteiger partial charge is 0.383 e. The first-order valence-electron chi connectivity index (χ1n) is 4.83. The van der Waals surface area contributed by atoms with E-state index < -0.39 is 23.9 Å². The zero-order valence-corrected chi connectivity index (χ0v) is 8.73. The van der Waals surface area contributed by atoms with Crippen LogP contribution in [0.4, 0.5) is 17.6 Å². The zero-order valence-electron chi connectivity index (χ0n) is 8.73. The van der Waals surface area contributed by atoms with Crippen molar-refractivity contribution in [3.8, 4) is 0 Å². The quantitative estimate of drug-likeness (QED) is 0.744. The maximum absolute atomic E-state index is 12.5. The molecule has 1 saturated carbocycles. The molecular formula is C9H13F4NO2. The highest BCUT2D eigenvalue weighted by Gasteiger charge is 2.49. The molecule has 0 atom stereocenters. The molecule has 1 aliphatic rings. The summed E-state index contributed by atoms with van der Waals surface area (Å²) in [5.41, 5.74) is -0.659. The summed E-state index contributed by atoms with van der Waals surface area (Å²) >= 11 is 0. The van der Waals surface area contributed by atoms with Crippen LogP contribution in [0.2, 0.25) is 0 Å². The smallest absolute Gasteiger partial charge is 0.376 e. The van der Waals surface area contributed by atoms with Crippen molar-refractivity contribution in [2.24, 2.45) is 0 Å². The fraction of sp³-hybridized carbons (Fsp3) is 0.889. The Balaban J connectivity index is 2.46. The molecule has 0 saturated heterocycles. The van der Waals surface area contributed by atoms with E-state index in [4.69, 9.17) is 4.74 Å². The van der Waals surface area contributed by atoms with Crippen LogP contribution in [-0.2, 0) is 9.53 Å². The van der Waals surface area contributed by atoms with Crippen LogP contribution in [-0.4, -0.2) is 37.5 Å². The Bertz CT molecular complexity index is 261. The van der Waals surface area contributed by atoms with Gasteiger partial charge in [0.15, 0.2) is 0 Å². The Morgan fingerprint density at radius 2 is 2.06 bits per heavy atom. The molecule has 1 amide bonds. The van der Waals surface area contributed by atoms with Gasteiger partial charge in [-0.1, -0.05) is 0 Å². The number of carbonyl (C=O) groups excluding carboxylic acids is 1. The average molecular weight is 243 g/mol. The number of ether oxygens (including phenoxy) is 1. The van der Waals surface area contributed by atoms with Gasteiger partial charge in [-0.3, -0.25) is 4.79 Å². The summed E-state index contributed by atoms with van der Waals surface area (Å²) in [5, 5.41) is 1.80. The van der Waals surface area contributed by atoms with E-state index in [1.54, 1.807) is 5.32 Å². The third-order valence-corrected chi connectivity index (χ3v) is 2.85. The van der Waals surface area contributed by atoms with Gasteiger partial charge in [0.25, 0.3) is 5.91 Å². The number of methoxy groups -OCH3 is 1. The summed E-state index contributed by atoms with van der Waals surface area (Å²) in [6.45, 7) is -0.162. The van der Waals surface area contributed by atoms with Gasteiger partial charge < -0.3 is 10.1 Å². The molecular weight excluding hydrogens is 230 g/mol. The highest BCUT2D eigenvalue weighted by atomic mass is 19.3. The summed E-state index contributed by atoms with van der Waals surface area (Å²) < 4.78 is 53.8. The number of hydrogen-bond donors (Lipinski definition) is 1. The van der Waals surface area contributed by atoms with Crippen LogP contribution in [0.3, 0.4) is 0 Å². The van der Waals surface area contributed by atoms with Crippen LogP contribution in [0.25, 0.3) is 0 Å². The van der Waals surface area contributed by atoms with Crippen molar-refractivity contribution in [3.63, 3.8) is 0 Å². The molecule has 0 aliphatic heterocycles. The number of carbonyl (C=O) groups is 1. The van der Waals surface area contributed by atoms with Gasteiger partial charge >= 0.3 is 12.3 Å². The molecule has 3 nitrogen and oxygen atoms in total. The van der Waals surface area contributed by atoms with Crippen molar-refractivity contribution in [1.82, 2.24) is 5.32 Å². The molecule has 1 rings (SSSR count). The molecule has 1 aliphatic carbocycles. The summed E-state index contributed by atoms with van der Waals surface area (Å²) in [6, 6.07) is 0.